The third-order valence-electron chi connectivity index (χ3n) is 3.07. The number of rotatable bonds is 7. The van der Waals surface area contributed by atoms with Crippen LogP contribution >= 0.6 is 0 Å². The standard InChI is InChI=1S/C14H22N2O4S/c1-5-21(18,19)16(3)13-8-6-12(7-9-13)14(17)15-11(2)10-20-4/h6-9,11H,5,10H2,1-4H3,(H,15,17). The molecule has 0 bridgehead atoms. The van der Waals surface area contributed by atoms with Crippen LogP contribution in [0.25, 0.3) is 0 Å². The molecule has 0 aliphatic carbocycles. The predicted molar refractivity (Wildman–Crippen MR) is 83.1 cm³/mol. The van der Waals surface area contributed by atoms with Crippen LogP contribution in [-0.4, -0.2) is 46.9 Å². The highest BCUT2D eigenvalue weighted by Crippen LogP contribution is 2.17. The molecule has 1 rings (SSSR count). The third-order valence-corrected chi connectivity index (χ3v) is 4.84. The first-order valence-corrected chi connectivity index (χ1v) is 8.29. The highest BCUT2D eigenvalue weighted by Gasteiger charge is 2.16. The fourth-order valence-corrected chi connectivity index (χ4v) is 2.61. The number of hydrogen-bond acceptors (Lipinski definition) is 4. The molecule has 21 heavy (non-hydrogen) atoms. The maximum Gasteiger partial charge on any atom is 0.251 e. The Hall–Kier alpha value is -1.60. The summed E-state index contributed by atoms with van der Waals surface area (Å²) in [5.41, 5.74) is 1.00. The van der Waals surface area contributed by atoms with E-state index in [-0.39, 0.29) is 17.7 Å². The van der Waals surface area contributed by atoms with Gasteiger partial charge < -0.3 is 10.1 Å². The lowest BCUT2D eigenvalue weighted by atomic mass is 10.2. The second-order valence-corrected chi connectivity index (χ2v) is 7.03. The molecule has 0 spiro atoms. The van der Waals surface area contributed by atoms with Crippen molar-refractivity contribution in [1.29, 1.82) is 0 Å². The number of carbonyl (C=O) groups is 1. The van der Waals surface area contributed by atoms with E-state index in [1.807, 2.05) is 6.92 Å². The zero-order valence-electron chi connectivity index (χ0n) is 12.8. The molecule has 0 aromatic heterocycles. The monoisotopic (exact) mass is 314 g/mol. The topological polar surface area (TPSA) is 75.7 Å². The van der Waals surface area contributed by atoms with Crippen molar-refractivity contribution in [3.05, 3.63) is 29.8 Å². The van der Waals surface area contributed by atoms with Gasteiger partial charge in [-0.25, -0.2) is 8.42 Å². The maximum atomic E-state index is 12.0. The molecule has 7 heteroatoms. The van der Waals surface area contributed by atoms with Gasteiger partial charge in [-0.2, -0.15) is 0 Å². The zero-order chi connectivity index (χ0) is 16.0. The number of ether oxygens (including phenoxy) is 1. The second-order valence-electron chi connectivity index (χ2n) is 4.74. The Labute approximate surface area is 126 Å². The molecule has 0 saturated heterocycles. The number of sulfonamides is 1. The number of methoxy groups -OCH3 is 1. The zero-order valence-corrected chi connectivity index (χ0v) is 13.6. The van der Waals surface area contributed by atoms with Crippen LogP contribution in [0, 0.1) is 0 Å². The average molecular weight is 314 g/mol. The van der Waals surface area contributed by atoms with Crippen LogP contribution in [0.15, 0.2) is 24.3 Å². The molecule has 118 valence electrons. The van der Waals surface area contributed by atoms with E-state index >= 15 is 0 Å². The van der Waals surface area contributed by atoms with E-state index in [1.54, 1.807) is 38.3 Å². The molecule has 0 fully saturated rings. The third kappa shape index (κ3) is 4.71. The fraction of sp³-hybridized carbons (Fsp3) is 0.500. The molecule has 0 aliphatic rings. The van der Waals surface area contributed by atoms with Crippen LogP contribution in [0.2, 0.25) is 0 Å². The van der Waals surface area contributed by atoms with Crippen molar-refractivity contribution in [2.45, 2.75) is 19.9 Å². The number of benzene rings is 1. The Balaban J connectivity index is 2.81. The highest BCUT2D eigenvalue weighted by molar-refractivity contribution is 7.92. The summed E-state index contributed by atoms with van der Waals surface area (Å²) >= 11 is 0. The van der Waals surface area contributed by atoms with E-state index in [9.17, 15) is 13.2 Å². The number of nitrogens with one attached hydrogen (secondary N) is 1. The average Bonchev–Trinajstić information content (AvgIpc) is 2.46. The first-order valence-electron chi connectivity index (χ1n) is 6.68. The van der Waals surface area contributed by atoms with Gasteiger partial charge in [0.1, 0.15) is 0 Å². The van der Waals surface area contributed by atoms with E-state index in [0.717, 1.165) is 0 Å². The van der Waals surface area contributed by atoms with E-state index in [2.05, 4.69) is 5.32 Å². The predicted octanol–water partition coefficient (Wildman–Crippen LogP) is 1.24. The van der Waals surface area contributed by atoms with Gasteiger partial charge in [0.25, 0.3) is 5.91 Å². The molecule has 1 unspecified atom stereocenters. The maximum absolute atomic E-state index is 12.0. The summed E-state index contributed by atoms with van der Waals surface area (Å²) < 4.78 is 29.7. The molecule has 0 saturated carbocycles. The van der Waals surface area contributed by atoms with Gasteiger partial charge in [-0.3, -0.25) is 9.10 Å². The summed E-state index contributed by atoms with van der Waals surface area (Å²) in [5, 5.41) is 2.79. The smallest absolute Gasteiger partial charge is 0.251 e. The normalized spacial score (nSPS) is 12.8. The summed E-state index contributed by atoms with van der Waals surface area (Å²) in [4.78, 5) is 12.0. The summed E-state index contributed by atoms with van der Waals surface area (Å²) in [6.07, 6.45) is 0. The quantitative estimate of drug-likeness (QED) is 0.821. The van der Waals surface area contributed by atoms with E-state index in [1.165, 1.54) is 11.4 Å². The van der Waals surface area contributed by atoms with Gasteiger partial charge in [-0.15, -0.1) is 0 Å². The minimum absolute atomic E-state index is 0.0280. The number of hydrogen-bond donors (Lipinski definition) is 1. The van der Waals surface area contributed by atoms with Crippen molar-refractivity contribution < 1.29 is 17.9 Å². The number of anilines is 1. The summed E-state index contributed by atoms with van der Waals surface area (Å²) in [5.74, 6) is -0.188. The van der Waals surface area contributed by atoms with Crippen molar-refractivity contribution in [2.75, 3.05) is 30.8 Å². The lowest BCUT2D eigenvalue weighted by Gasteiger charge is -2.19. The first kappa shape index (κ1) is 17.5. The largest absolute Gasteiger partial charge is 0.383 e. The van der Waals surface area contributed by atoms with E-state index < -0.39 is 10.0 Å². The molecule has 0 aliphatic heterocycles. The van der Waals surface area contributed by atoms with Crippen molar-refractivity contribution in [3.63, 3.8) is 0 Å². The number of amides is 1. The molecule has 1 atom stereocenters. The Kier molecular flexibility index (Phi) is 6.17. The molecule has 0 radical (unpaired) electrons. The van der Waals surface area contributed by atoms with Crippen LogP contribution in [0.3, 0.4) is 0 Å². The summed E-state index contributed by atoms with van der Waals surface area (Å²) in [7, 11) is -0.229. The molecular weight excluding hydrogens is 292 g/mol. The number of carbonyl (C=O) groups excluding carboxylic acids is 1. The summed E-state index contributed by atoms with van der Waals surface area (Å²) in [6.45, 7) is 3.86. The molecule has 1 N–H and O–H groups in total. The van der Waals surface area contributed by atoms with Crippen LogP contribution in [-0.2, 0) is 14.8 Å². The lowest BCUT2D eigenvalue weighted by molar-refractivity contribution is 0.0905. The minimum atomic E-state index is -3.29. The van der Waals surface area contributed by atoms with Crippen molar-refractivity contribution in [1.82, 2.24) is 5.32 Å². The Morgan fingerprint density at radius 2 is 1.90 bits per heavy atom. The summed E-state index contributed by atoms with van der Waals surface area (Å²) in [6, 6.07) is 6.34. The van der Waals surface area contributed by atoms with Crippen LogP contribution in [0.4, 0.5) is 5.69 Å². The molecule has 1 aromatic carbocycles. The molecule has 6 nitrogen and oxygen atoms in total. The van der Waals surface area contributed by atoms with E-state index in [4.69, 9.17) is 4.74 Å². The Bertz CT molecular complexity index is 569. The molecular formula is C14H22N2O4S. The molecule has 1 aromatic rings. The van der Waals surface area contributed by atoms with E-state index in [0.29, 0.717) is 17.9 Å². The van der Waals surface area contributed by atoms with Gasteiger partial charge in [-0.1, -0.05) is 0 Å². The first-order chi connectivity index (χ1) is 9.81. The van der Waals surface area contributed by atoms with Gasteiger partial charge in [0.05, 0.1) is 18.0 Å². The minimum Gasteiger partial charge on any atom is -0.383 e. The Morgan fingerprint density at radius 3 is 2.38 bits per heavy atom. The van der Waals surface area contributed by atoms with Crippen LogP contribution in [0.1, 0.15) is 24.2 Å². The fourth-order valence-electron chi connectivity index (χ4n) is 1.78. The molecule has 1 amide bonds. The SMILES string of the molecule is CCS(=O)(=O)N(C)c1ccc(C(=O)NC(C)COC)cc1. The van der Waals surface area contributed by atoms with Gasteiger partial charge in [0, 0.05) is 25.8 Å². The Morgan fingerprint density at radius 1 is 1.33 bits per heavy atom. The second kappa shape index (κ2) is 7.42. The lowest BCUT2D eigenvalue weighted by Crippen LogP contribution is -2.35. The molecule has 0 heterocycles. The van der Waals surface area contributed by atoms with Crippen molar-refractivity contribution >= 4 is 21.6 Å². The van der Waals surface area contributed by atoms with Crippen molar-refractivity contribution in [3.8, 4) is 0 Å². The van der Waals surface area contributed by atoms with Gasteiger partial charge in [0.2, 0.25) is 10.0 Å². The van der Waals surface area contributed by atoms with Crippen molar-refractivity contribution in [2.24, 2.45) is 0 Å². The highest BCUT2D eigenvalue weighted by atomic mass is 32.2. The number of nitrogens with zero attached hydrogens (tertiary/aromatic N) is 1. The van der Waals surface area contributed by atoms with Crippen LogP contribution < -0.4 is 9.62 Å². The van der Waals surface area contributed by atoms with Crippen LogP contribution in [0.5, 0.6) is 0 Å². The van der Waals surface area contributed by atoms with Gasteiger partial charge >= 0.3 is 0 Å². The van der Waals surface area contributed by atoms with Gasteiger partial charge in [0.15, 0.2) is 0 Å². The van der Waals surface area contributed by atoms with Gasteiger partial charge in [-0.05, 0) is 38.1 Å².